The highest BCUT2D eigenvalue weighted by molar-refractivity contribution is 5.97. The summed E-state index contributed by atoms with van der Waals surface area (Å²) >= 11 is 0. The molecule has 3 aromatic rings. The molecule has 1 aliphatic heterocycles. The Morgan fingerprint density at radius 3 is 2.00 bits per heavy atom. The van der Waals surface area contributed by atoms with E-state index in [2.05, 4.69) is 15.6 Å². The second-order valence-electron chi connectivity index (χ2n) is 14.9. The minimum absolute atomic E-state index is 0.0349. The van der Waals surface area contributed by atoms with Crippen LogP contribution in [0.25, 0.3) is 11.4 Å². The molecule has 1 fully saturated rings. The molecule has 1 aromatic heterocycles. The van der Waals surface area contributed by atoms with Crippen LogP contribution < -0.4 is 10.6 Å². The molecule has 0 saturated carbocycles. The third-order valence-electron chi connectivity index (χ3n) is 7.98. The number of hydrogen-bond acceptors (Lipinski definition) is 13. The quantitative estimate of drug-likeness (QED) is 0.156. The Morgan fingerprint density at radius 1 is 0.800 bits per heavy atom. The van der Waals surface area contributed by atoms with Gasteiger partial charge in [0.2, 0.25) is 5.91 Å². The number of aromatic nitrogens is 2. The highest BCUT2D eigenvalue weighted by Crippen LogP contribution is 2.26. The van der Waals surface area contributed by atoms with Crippen molar-refractivity contribution >= 4 is 35.7 Å². The van der Waals surface area contributed by atoms with Crippen LogP contribution in [0.5, 0.6) is 0 Å². The molecule has 2 heterocycles. The molecule has 2 atom stereocenters. The number of nitrogens with one attached hydrogen (secondary N) is 2. The molecule has 0 unspecified atom stereocenters. The van der Waals surface area contributed by atoms with Gasteiger partial charge in [-0.3, -0.25) is 19.2 Å². The fourth-order valence-corrected chi connectivity index (χ4v) is 5.63. The van der Waals surface area contributed by atoms with E-state index < -0.39 is 53.2 Å². The maximum Gasteiger partial charge on any atom is 0.527 e. The molecule has 55 heavy (non-hydrogen) atoms. The molecule has 0 spiro atoms. The van der Waals surface area contributed by atoms with Gasteiger partial charge in [0.1, 0.15) is 28.8 Å². The lowest BCUT2D eigenvalue weighted by molar-refractivity contribution is -0.158. The van der Waals surface area contributed by atoms with E-state index in [0.717, 1.165) is 5.56 Å². The van der Waals surface area contributed by atoms with E-state index >= 15 is 0 Å². The van der Waals surface area contributed by atoms with E-state index in [-0.39, 0.29) is 69.4 Å². The molecule has 0 aliphatic carbocycles. The molecule has 0 radical (unpaired) electrons. The van der Waals surface area contributed by atoms with Gasteiger partial charge in [0.25, 0.3) is 5.91 Å². The summed E-state index contributed by atoms with van der Waals surface area (Å²) in [7, 11) is 0. The largest absolute Gasteiger partial charge is 0.527 e. The van der Waals surface area contributed by atoms with E-state index in [1.807, 2.05) is 48.5 Å². The zero-order chi connectivity index (χ0) is 40.2. The molecule has 1 aliphatic rings. The summed E-state index contributed by atoms with van der Waals surface area (Å²) < 4.78 is 15.9. The molecule has 2 aromatic carbocycles. The second-order valence-corrected chi connectivity index (χ2v) is 14.9. The predicted molar refractivity (Wildman–Crippen MR) is 203 cm³/mol. The smallest absolute Gasteiger partial charge is 0.460 e. The van der Waals surface area contributed by atoms with Gasteiger partial charge in [-0.1, -0.05) is 60.7 Å². The van der Waals surface area contributed by atoms with Crippen LogP contribution in [0.15, 0.2) is 66.7 Å². The Balaban J connectivity index is 1.62. The van der Waals surface area contributed by atoms with E-state index in [9.17, 15) is 24.0 Å². The minimum Gasteiger partial charge on any atom is -0.460 e. The molecule has 15 nitrogen and oxygen atoms in total. The lowest BCUT2D eigenvalue weighted by Gasteiger charge is -2.35. The van der Waals surface area contributed by atoms with Crippen LogP contribution in [-0.2, 0) is 33.4 Å². The van der Waals surface area contributed by atoms with Gasteiger partial charge in [-0.05, 0) is 60.5 Å². The third-order valence-corrected chi connectivity index (χ3v) is 7.98. The minimum atomic E-state index is -1.13. The zero-order valence-electron chi connectivity index (χ0n) is 32.6. The van der Waals surface area contributed by atoms with Crippen LogP contribution in [0.2, 0.25) is 0 Å². The summed E-state index contributed by atoms with van der Waals surface area (Å²) in [6.07, 6.45) is -1.06. The van der Waals surface area contributed by atoms with Crippen LogP contribution in [0.4, 0.5) is 10.6 Å². The van der Waals surface area contributed by atoms with Crippen LogP contribution in [-0.4, -0.2) is 99.9 Å². The van der Waals surface area contributed by atoms with Gasteiger partial charge in [-0.2, -0.15) is 0 Å². The normalized spacial score (nSPS) is 14.6. The molecule has 1 saturated heterocycles. The maximum absolute atomic E-state index is 14.1. The average Bonchev–Trinajstić information content (AvgIpc) is 3.12. The number of nitrogens with zero attached hydrogens (tertiary/aromatic N) is 4. The fraction of sp³-hybridized carbons (Fsp3) is 0.475. The summed E-state index contributed by atoms with van der Waals surface area (Å²) in [5, 5.41) is 7.53. The van der Waals surface area contributed by atoms with Gasteiger partial charge >= 0.3 is 18.1 Å². The molecule has 296 valence electrons. The summed E-state index contributed by atoms with van der Waals surface area (Å²) in [5.41, 5.74) is -0.0681. The van der Waals surface area contributed by atoms with Crippen molar-refractivity contribution < 1.29 is 43.0 Å². The highest BCUT2D eigenvalue weighted by atomic mass is 16.8. The summed E-state index contributed by atoms with van der Waals surface area (Å²) in [5.74, 6) is -1.57. The molecule has 0 bridgehead atoms. The third kappa shape index (κ3) is 14.0. The number of rotatable bonds is 14. The topological polar surface area (TPSA) is 179 Å². The van der Waals surface area contributed by atoms with Gasteiger partial charge in [-0.25, -0.2) is 14.8 Å². The van der Waals surface area contributed by atoms with Crippen molar-refractivity contribution in [2.24, 2.45) is 0 Å². The second kappa shape index (κ2) is 19.1. The van der Waals surface area contributed by atoms with Gasteiger partial charge in [0, 0.05) is 31.1 Å². The molecule has 2 amide bonds. The maximum atomic E-state index is 14.1. The Labute approximate surface area is 322 Å². The van der Waals surface area contributed by atoms with E-state index in [1.165, 1.54) is 16.0 Å². The Morgan fingerprint density at radius 2 is 1.40 bits per heavy atom. The number of esters is 2. The van der Waals surface area contributed by atoms with Crippen LogP contribution >= 0.6 is 0 Å². The predicted octanol–water partition coefficient (Wildman–Crippen LogP) is 5.48. The fourth-order valence-electron chi connectivity index (χ4n) is 5.63. The first-order valence-corrected chi connectivity index (χ1v) is 18.4. The molecule has 2 N–H and O–H groups in total. The van der Waals surface area contributed by atoms with E-state index in [1.54, 1.807) is 60.6 Å². The highest BCUT2D eigenvalue weighted by Gasteiger charge is 2.32. The molecule has 4 rings (SSSR count). The Kier molecular flexibility index (Phi) is 14.7. The number of anilines is 1. The molecular weight excluding hydrogens is 708 g/mol. The van der Waals surface area contributed by atoms with Gasteiger partial charge < -0.3 is 34.6 Å². The first-order chi connectivity index (χ1) is 26.0. The van der Waals surface area contributed by atoms with Gasteiger partial charge in [0.05, 0.1) is 32.2 Å². The summed E-state index contributed by atoms with van der Waals surface area (Å²) in [4.78, 5) is 81.7. The van der Waals surface area contributed by atoms with Crippen molar-refractivity contribution in [3.05, 3.63) is 78.0 Å². The van der Waals surface area contributed by atoms with E-state index in [4.69, 9.17) is 24.0 Å². The zero-order valence-corrected chi connectivity index (χ0v) is 32.6. The first-order valence-electron chi connectivity index (χ1n) is 18.4. The Hall–Kier alpha value is -5.57. The average molecular weight is 761 g/mol. The van der Waals surface area contributed by atoms with Crippen molar-refractivity contribution in [2.75, 3.05) is 38.1 Å². The standard InChI is InChI=1S/C40H52N6O9/c1-8-52-38(51)55-46-23-21-45(22-24-46)37(50)29(19-20-33(47)53-39(2,3)4)43-36(49)31-25-32(44-35(42-31)28-17-13-10-14-18-28)41-30(27-15-11-9-12-16-27)26-34(48)54-40(5,6)7/h9-18,25,29-30H,8,19-24,26H2,1-7H3,(H,43,49)(H,41,42,44)/t29-,30+/m0/s1. The summed E-state index contributed by atoms with van der Waals surface area (Å²) in [6, 6.07) is 18.1. The number of amides is 2. The lowest BCUT2D eigenvalue weighted by atomic mass is 10.0. The first kappa shape index (κ1) is 42.2. The SMILES string of the molecule is CCOC(=O)ON1CCN(C(=O)[C@H](CCC(=O)OC(C)(C)C)NC(=O)c2cc(N[C@H](CC(=O)OC(C)(C)C)c3ccccc3)nc(-c3ccccc3)n2)CC1. The van der Waals surface area contributed by atoms with Gasteiger partial charge in [-0.15, -0.1) is 5.06 Å². The number of hydrogen-bond donors (Lipinski definition) is 2. The van der Waals surface area contributed by atoms with E-state index in [0.29, 0.717) is 5.56 Å². The van der Waals surface area contributed by atoms with Crippen LogP contribution in [0.3, 0.4) is 0 Å². The van der Waals surface area contributed by atoms with Crippen LogP contribution in [0, 0.1) is 0 Å². The van der Waals surface area contributed by atoms with Crippen molar-refractivity contribution in [3.63, 3.8) is 0 Å². The monoisotopic (exact) mass is 760 g/mol. The molecule has 15 heteroatoms. The summed E-state index contributed by atoms with van der Waals surface area (Å²) in [6.45, 7) is 13.2. The van der Waals surface area contributed by atoms with Crippen LogP contribution in [0.1, 0.15) is 89.8 Å². The number of benzene rings is 2. The van der Waals surface area contributed by atoms with Gasteiger partial charge in [0.15, 0.2) is 5.82 Å². The molecular formula is C40H52N6O9. The number of carbonyl (C=O) groups is 5. The number of carbonyl (C=O) groups excluding carboxylic acids is 5. The number of hydroxylamine groups is 2. The van der Waals surface area contributed by atoms with Crippen molar-refractivity contribution in [3.8, 4) is 11.4 Å². The number of ether oxygens (including phenoxy) is 3. The van der Waals surface area contributed by atoms with Crippen molar-refractivity contribution in [2.45, 2.75) is 91.0 Å². The van der Waals surface area contributed by atoms with Crippen molar-refractivity contribution in [1.82, 2.24) is 25.2 Å². The lowest BCUT2D eigenvalue weighted by Crippen LogP contribution is -2.55. The number of piperazine rings is 1. The Bertz CT molecular complexity index is 1770. The van der Waals surface area contributed by atoms with Crippen molar-refractivity contribution in [1.29, 1.82) is 0 Å².